The lowest BCUT2D eigenvalue weighted by Crippen LogP contribution is -2.36. The van der Waals surface area contributed by atoms with Crippen LogP contribution in [0.1, 0.15) is 65.2 Å². The molecule has 116 valence electrons. The molecule has 1 atom stereocenters. The number of thioether (sulfide) groups is 1. The van der Waals surface area contributed by atoms with Gasteiger partial charge in [0.2, 0.25) is 5.91 Å². The van der Waals surface area contributed by atoms with E-state index in [1.165, 1.54) is 44.3 Å². The molecule has 1 heterocycles. The number of hydrogen-bond donors (Lipinski definition) is 0. The molecule has 0 N–H and O–H groups in total. The minimum absolute atomic E-state index is 0.402. The van der Waals surface area contributed by atoms with Crippen LogP contribution in [0.2, 0.25) is 0 Å². The Morgan fingerprint density at radius 3 is 2.55 bits per heavy atom. The zero-order valence-corrected chi connectivity index (χ0v) is 14.1. The fraction of sp³-hybridized carbons (Fsp3) is 0.941. The van der Waals surface area contributed by atoms with Gasteiger partial charge in [0, 0.05) is 24.8 Å². The fourth-order valence-corrected chi connectivity index (χ4v) is 4.83. The third kappa shape index (κ3) is 4.98. The summed E-state index contributed by atoms with van der Waals surface area (Å²) in [6, 6.07) is 0. The van der Waals surface area contributed by atoms with Gasteiger partial charge in [0.15, 0.2) is 0 Å². The molecule has 2 fully saturated rings. The van der Waals surface area contributed by atoms with E-state index < -0.39 is 0 Å². The van der Waals surface area contributed by atoms with E-state index in [-0.39, 0.29) is 0 Å². The Morgan fingerprint density at radius 1 is 1.20 bits per heavy atom. The van der Waals surface area contributed by atoms with Crippen molar-refractivity contribution in [2.24, 2.45) is 11.8 Å². The van der Waals surface area contributed by atoms with Gasteiger partial charge < -0.3 is 4.90 Å². The summed E-state index contributed by atoms with van der Waals surface area (Å²) in [6.45, 7) is 6.36. The Morgan fingerprint density at radius 2 is 1.95 bits per heavy atom. The highest BCUT2D eigenvalue weighted by molar-refractivity contribution is 8.00. The molecule has 0 aromatic heterocycles. The zero-order valence-electron chi connectivity index (χ0n) is 13.3. The van der Waals surface area contributed by atoms with Crippen LogP contribution in [0.15, 0.2) is 0 Å². The van der Waals surface area contributed by atoms with Crippen LogP contribution in [0, 0.1) is 11.8 Å². The average molecular weight is 298 g/mol. The van der Waals surface area contributed by atoms with Crippen LogP contribution in [0.25, 0.3) is 0 Å². The molecule has 0 aromatic rings. The lowest BCUT2D eigenvalue weighted by atomic mass is 9.81. The Labute approximate surface area is 129 Å². The van der Waals surface area contributed by atoms with Gasteiger partial charge in [-0.25, -0.2) is 0 Å². The van der Waals surface area contributed by atoms with Crippen LogP contribution in [-0.4, -0.2) is 34.9 Å². The van der Waals surface area contributed by atoms with Gasteiger partial charge in [-0.3, -0.25) is 4.79 Å². The second kappa shape index (κ2) is 8.31. The Hall–Kier alpha value is -0.180. The maximum absolute atomic E-state index is 12.4. The van der Waals surface area contributed by atoms with E-state index in [9.17, 15) is 4.79 Å². The van der Waals surface area contributed by atoms with Crippen molar-refractivity contribution in [3.8, 4) is 0 Å². The smallest absolute Gasteiger partial charge is 0.222 e. The molecule has 2 nitrogen and oxygen atoms in total. The number of nitrogens with zero attached hydrogens (tertiary/aromatic N) is 1. The van der Waals surface area contributed by atoms with Crippen molar-refractivity contribution in [3.05, 3.63) is 0 Å². The molecule has 1 unspecified atom stereocenters. The monoisotopic (exact) mass is 297 g/mol. The third-order valence-electron chi connectivity index (χ3n) is 5.08. The molecule has 1 saturated heterocycles. The van der Waals surface area contributed by atoms with Crippen LogP contribution in [-0.2, 0) is 4.79 Å². The highest BCUT2D eigenvalue weighted by Gasteiger charge is 2.23. The molecule has 1 aliphatic heterocycles. The normalized spacial score (nSPS) is 30.4. The van der Waals surface area contributed by atoms with Crippen molar-refractivity contribution < 1.29 is 4.79 Å². The zero-order chi connectivity index (χ0) is 14.4. The minimum atomic E-state index is 0.402. The van der Waals surface area contributed by atoms with Crippen molar-refractivity contribution in [2.75, 3.05) is 18.8 Å². The molecular formula is C17H31NOS. The molecule has 3 heteroatoms. The summed E-state index contributed by atoms with van der Waals surface area (Å²) in [5.41, 5.74) is 0. The van der Waals surface area contributed by atoms with E-state index in [1.807, 2.05) is 0 Å². The maximum atomic E-state index is 12.4. The van der Waals surface area contributed by atoms with Gasteiger partial charge in [0.05, 0.1) is 0 Å². The number of amides is 1. The predicted octanol–water partition coefficient (Wildman–Crippen LogP) is 4.34. The molecular weight excluding hydrogens is 266 g/mol. The minimum Gasteiger partial charge on any atom is -0.342 e. The Bertz CT molecular complexity index is 293. The first kappa shape index (κ1) is 16.2. The van der Waals surface area contributed by atoms with Crippen molar-refractivity contribution in [1.82, 2.24) is 4.90 Å². The molecule has 1 aliphatic carbocycles. The molecule has 1 saturated carbocycles. The van der Waals surface area contributed by atoms with Crippen LogP contribution in [0.5, 0.6) is 0 Å². The van der Waals surface area contributed by atoms with E-state index >= 15 is 0 Å². The standard InChI is InChI=1S/C17H31NOS/c1-3-18(13-16-5-4-12-20-16)17(19)11-10-15-8-6-14(2)7-9-15/h14-16H,3-13H2,1-2H3. The Kier molecular flexibility index (Phi) is 6.73. The average Bonchev–Trinajstić information content (AvgIpc) is 2.97. The van der Waals surface area contributed by atoms with E-state index in [4.69, 9.17) is 0 Å². The third-order valence-corrected chi connectivity index (χ3v) is 6.46. The second-order valence-corrected chi connectivity index (χ2v) is 8.14. The molecule has 1 amide bonds. The highest BCUT2D eigenvalue weighted by atomic mass is 32.2. The molecule has 2 rings (SSSR count). The molecule has 20 heavy (non-hydrogen) atoms. The van der Waals surface area contributed by atoms with Crippen molar-refractivity contribution in [3.63, 3.8) is 0 Å². The van der Waals surface area contributed by atoms with E-state index in [0.29, 0.717) is 11.2 Å². The molecule has 0 spiro atoms. The summed E-state index contributed by atoms with van der Waals surface area (Å²) in [7, 11) is 0. The van der Waals surface area contributed by atoms with E-state index in [1.54, 1.807) is 0 Å². The van der Waals surface area contributed by atoms with Crippen LogP contribution in [0.3, 0.4) is 0 Å². The topological polar surface area (TPSA) is 20.3 Å². The lowest BCUT2D eigenvalue weighted by Gasteiger charge is -2.28. The van der Waals surface area contributed by atoms with Gasteiger partial charge in [0.25, 0.3) is 0 Å². The van der Waals surface area contributed by atoms with Crippen LogP contribution < -0.4 is 0 Å². The van der Waals surface area contributed by atoms with E-state index in [0.717, 1.165) is 37.8 Å². The summed E-state index contributed by atoms with van der Waals surface area (Å²) in [5.74, 6) is 3.42. The fourth-order valence-electron chi connectivity index (χ4n) is 3.54. The summed E-state index contributed by atoms with van der Waals surface area (Å²) < 4.78 is 0. The first-order chi connectivity index (χ1) is 9.69. The molecule has 0 bridgehead atoms. The van der Waals surface area contributed by atoms with Crippen molar-refractivity contribution in [2.45, 2.75) is 70.5 Å². The molecule has 0 radical (unpaired) electrons. The highest BCUT2D eigenvalue weighted by Crippen LogP contribution is 2.31. The SMILES string of the molecule is CCN(CC1CCCS1)C(=O)CCC1CCC(C)CC1. The second-order valence-electron chi connectivity index (χ2n) is 6.73. The number of rotatable bonds is 6. The van der Waals surface area contributed by atoms with Crippen molar-refractivity contribution >= 4 is 17.7 Å². The quantitative estimate of drug-likeness (QED) is 0.727. The predicted molar refractivity (Wildman–Crippen MR) is 88.1 cm³/mol. The Balaban J connectivity index is 1.68. The van der Waals surface area contributed by atoms with Gasteiger partial charge in [-0.2, -0.15) is 11.8 Å². The van der Waals surface area contributed by atoms with Gasteiger partial charge in [0.1, 0.15) is 0 Å². The molecule has 0 aromatic carbocycles. The number of carbonyl (C=O) groups is 1. The first-order valence-electron chi connectivity index (χ1n) is 8.58. The maximum Gasteiger partial charge on any atom is 0.222 e. The largest absolute Gasteiger partial charge is 0.342 e. The first-order valence-corrected chi connectivity index (χ1v) is 9.63. The van der Waals surface area contributed by atoms with Gasteiger partial charge in [-0.1, -0.05) is 32.6 Å². The van der Waals surface area contributed by atoms with E-state index in [2.05, 4.69) is 30.5 Å². The van der Waals surface area contributed by atoms with Gasteiger partial charge in [-0.15, -0.1) is 0 Å². The summed E-state index contributed by atoms with van der Waals surface area (Å²) in [5, 5.41) is 0.703. The summed E-state index contributed by atoms with van der Waals surface area (Å²) in [6.07, 6.45) is 9.97. The summed E-state index contributed by atoms with van der Waals surface area (Å²) in [4.78, 5) is 14.5. The van der Waals surface area contributed by atoms with Crippen LogP contribution in [0.4, 0.5) is 0 Å². The van der Waals surface area contributed by atoms with Crippen LogP contribution >= 0.6 is 11.8 Å². The number of hydrogen-bond acceptors (Lipinski definition) is 2. The molecule has 2 aliphatic rings. The van der Waals surface area contributed by atoms with Crippen molar-refractivity contribution in [1.29, 1.82) is 0 Å². The lowest BCUT2D eigenvalue weighted by molar-refractivity contribution is -0.131. The number of carbonyl (C=O) groups excluding carboxylic acids is 1. The summed E-state index contributed by atoms with van der Waals surface area (Å²) >= 11 is 2.06. The van der Waals surface area contributed by atoms with Gasteiger partial charge >= 0.3 is 0 Å². The van der Waals surface area contributed by atoms with Gasteiger partial charge in [-0.05, 0) is 43.8 Å².